The van der Waals surface area contributed by atoms with Crippen LogP contribution in [0.3, 0.4) is 0 Å². The molecule has 0 spiro atoms. The summed E-state index contributed by atoms with van der Waals surface area (Å²) in [7, 11) is 0. The summed E-state index contributed by atoms with van der Waals surface area (Å²) in [6, 6.07) is 0. The zero-order valence-corrected chi connectivity index (χ0v) is 17.2. The lowest BCUT2D eigenvalue weighted by Crippen LogP contribution is -2.51. The third-order valence-corrected chi connectivity index (χ3v) is 5.81. The van der Waals surface area contributed by atoms with Gasteiger partial charge in [0.25, 0.3) is 0 Å². The van der Waals surface area contributed by atoms with Gasteiger partial charge in [-0.2, -0.15) is 0 Å². The van der Waals surface area contributed by atoms with E-state index in [-0.39, 0.29) is 30.1 Å². The van der Waals surface area contributed by atoms with E-state index in [9.17, 15) is 14.4 Å². The maximum Gasteiger partial charge on any atom is 0.234 e. The van der Waals surface area contributed by atoms with E-state index in [0.717, 1.165) is 32.2 Å². The average molecular weight is 408 g/mol. The second-order valence-corrected chi connectivity index (χ2v) is 8.30. The Hall–Kier alpha value is -2.00. The lowest BCUT2D eigenvalue weighted by molar-refractivity contribution is -0.132. The molecule has 2 N–H and O–H groups in total. The summed E-state index contributed by atoms with van der Waals surface area (Å²) in [4.78, 5) is 44.5. The van der Waals surface area contributed by atoms with E-state index in [1.807, 2.05) is 10.3 Å². The molecule has 0 atom stereocenters. The van der Waals surface area contributed by atoms with Crippen LogP contribution < -0.4 is 10.6 Å². The molecular formula is C19H29N5O3S. The zero-order valence-electron chi connectivity index (χ0n) is 16.4. The van der Waals surface area contributed by atoms with Crippen LogP contribution in [-0.2, 0) is 20.8 Å². The minimum absolute atomic E-state index is 0.0297. The molecule has 154 valence electrons. The highest BCUT2D eigenvalue weighted by atomic mass is 32.1. The number of amides is 3. The van der Waals surface area contributed by atoms with Crippen LogP contribution in [0.25, 0.3) is 0 Å². The SMILES string of the molecule is CCCCNC(=O)CN1CCN(C(=O)Cc2csc(NC(=O)C3CC3)n2)CC1. The number of aromatic nitrogens is 1. The molecule has 3 rings (SSSR count). The maximum atomic E-state index is 12.5. The Bertz CT molecular complexity index is 695. The highest BCUT2D eigenvalue weighted by Crippen LogP contribution is 2.30. The standard InChI is InChI=1S/C19H29N5O3S/c1-2-3-6-20-16(25)12-23-7-9-24(10-8-23)17(26)11-15-13-28-19(21-15)22-18(27)14-4-5-14/h13-14H,2-12H2,1H3,(H,20,25)(H,21,22,27). The molecule has 8 nitrogen and oxygen atoms in total. The van der Waals surface area contributed by atoms with E-state index < -0.39 is 0 Å². The van der Waals surface area contributed by atoms with Crippen LogP contribution >= 0.6 is 11.3 Å². The van der Waals surface area contributed by atoms with Crippen molar-refractivity contribution in [2.75, 3.05) is 44.6 Å². The Labute approximate surface area is 169 Å². The number of anilines is 1. The number of thiazole rings is 1. The monoisotopic (exact) mass is 407 g/mol. The van der Waals surface area contributed by atoms with Crippen LogP contribution in [0, 0.1) is 5.92 Å². The molecule has 1 aliphatic carbocycles. The minimum Gasteiger partial charge on any atom is -0.355 e. The summed E-state index contributed by atoms with van der Waals surface area (Å²) in [6.07, 6.45) is 4.21. The molecule has 3 amide bonds. The first-order valence-corrected chi connectivity index (χ1v) is 10.9. The van der Waals surface area contributed by atoms with Crippen molar-refractivity contribution < 1.29 is 14.4 Å². The van der Waals surface area contributed by atoms with E-state index in [1.54, 1.807) is 0 Å². The van der Waals surface area contributed by atoms with Crippen LogP contribution in [-0.4, -0.2) is 71.8 Å². The Kier molecular flexibility index (Phi) is 7.38. The van der Waals surface area contributed by atoms with Crippen molar-refractivity contribution in [1.29, 1.82) is 0 Å². The third kappa shape index (κ3) is 6.27. The average Bonchev–Trinajstić information content (AvgIpc) is 3.44. The second kappa shape index (κ2) is 9.97. The number of rotatable bonds is 9. The first-order chi connectivity index (χ1) is 13.5. The molecule has 0 aromatic carbocycles. The molecule has 9 heteroatoms. The summed E-state index contributed by atoms with van der Waals surface area (Å²) in [5, 5.41) is 8.14. The second-order valence-electron chi connectivity index (χ2n) is 7.44. The largest absolute Gasteiger partial charge is 0.355 e. The normalized spacial score (nSPS) is 17.4. The molecule has 28 heavy (non-hydrogen) atoms. The van der Waals surface area contributed by atoms with Gasteiger partial charge in [0.15, 0.2) is 5.13 Å². The third-order valence-electron chi connectivity index (χ3n) is 5.01. The first-order valence-electron chi connectivity index (χ1n) is 10.1. The summed E-state index contributed by atoms with van der Waals surface area (Å²) >= 11 is 1.36. The molecule has 1 aromatic rings. The summed E-state index contributed by atoms with van der Waals surface area (Å²) in [5.41, 5.74) is 0.693. The number of nitrogens with one attached hydrogen (secondary N) is 2. The number of nitrogens with zero attached hydrogens (tertiary/aromatic N) is 3. The van der Waals surface area contributed by atoms with Gasteiger partial charge in [-0.3, -0.25) is 19.3 Å². The Morgan fingerprint density at radius 2 is 1.96 bits per heavy atom. The Morgan fingerprint density at radius 1 is 1.21 bits per heavy atom. The molecule has 2 fully saturated rings. The molecule has 1 saturated heterocycles. The van der Waals surface area contributed by atoms with Gasteiger partial charge >= 0.3 is 0 Å². The van der Waals surface area contributed by atoms with Crippen molar-refractivity contribution >= 4 is 34.2 Å². The number of carbonyl (C=O) groups is 3. The Morgan fingerprint density at radius 3 is 2.64 bits per heavy atom. The van der Waals surface area contributed by atoms with Gasteiger partial charge in [-0.05, 0) is 19.3 Å². The van der Waals surface area contributed by atoms with Gasteiger partial charge < -0.3 is 15.5 Å². The number of unbranched alkanes of at least 4 members (excludes halogenated alkanes) is 1. The number of hydrogen-bond donors (Lipinski definition) is 2. The van der Waals surface area contributed by atoms with Gasteiger partial charge in [-0.25, -0.2) is 4.98 Å². The molecule has 0 radical (unpaired) electrons. The lowest BCUT2D eigenvalue weighted by atomic mass is 10.2. The first kappa shape index (κ1) is 20.7. The smallest absolute Gasteiger partial charge is 0.234 e. The molecule has 2 heterocycles. The van der Waals surface area contributed by atoms with Crippen LogP contribution in [0.2, 0.25) is 0 Å². The van der Waals surface area contributed by atoms with Crippen molar-refractivity contribution in [1.82, 2.24) is 20.1 Å². The van der Waals surface area contributed by atoms with Crippen LogP contribution in [0.5, 0.6) is 0 Å². The van der Waals surface area contributed by atoms with Gasteiger partial charge in [0.2, 0.25) is 17.7 Å². The molecular weight excluding hydrogens is 378 g/mol. The van der Waals surface area contributed by atoms with Crippen molar-refractivity contribution in [2.45, 2.75) is 39.0 Å². The van der Waals surface area contributed by atoms with E-state index in [2.05, 4.69) is 27.4 Å². The Balaban J connectivity index is 1.37. The fourth-order valence-corrected chi connectivity index (χ4v) is 3.80. The molecule has 0 unspecified atom stereocenters. The van der Waals surface area contributed by atoms with Crippen LogP contribution in [0.1, 0.15) is 38.3 Å². The molecule has 1 aromatic heterocycles. The molecule has 1 saturated carbocycles. The van der Waals surface area contributed by atoms with Gasteiger partial charge in [0.05, 0.1) is 18.7 Å². The van der Waals surface area contributed by atoms with Gasteiger partial charge in [0.1, 0.15) is 0 Å². The topological polar surface area (TPSA) is 94.6 Å². The molecule has 2 aliphatic rings. The minimum atomic E-state index is 0.0297. The van der Waals surface area contributed by atoms with Crippen LogP contribution in [0.4, 0.5) is 5.13 Å². The quantitative estimate of drug-likeness (QED) is 0.598. The zero-order chi connectivity index (χ0) is 19.9. The van der Waals surface area contributed by atoms with Crippen molar-refractivity contribution in [2.24, 2.45) is 5.92 Å². The van der Waals surface area contributed by atoms with E-state index in [4.69, 9.17) is 0 Å². The molecule has 1 aliphatic heterocycles. The summed E-state index contributed by atoms with van der Waals surface area (Å²) < 4.78 is 0. The van der Waals surface area contributed by atoms with Crippen molar-refractivity contribution in [3.8, 4) is 0 Å². The highest BCUT2D eigenvalue weighted by Gasteiger charge is 2.30. The van der Waals surface area contributed by atoms with E-state index in [1.165, 1.54) is 11.3 Å². The van der Waals surface area contributed by atoms with Crippen molar-refractivity contribution in [3.05, 3.63) is 11.1 Å². The van der Waals surface area contributed by atoms with Crippen LogP contribution in [0.15, 0.2) is 5.38 Å². The van der Waals surface area contributed by atoms with E-state index in [0.29, 0.717) is 43.5 Å². The molecule has 0 bridgehead atoms. The van der Waals surface area contributed by atoms with Gasteiger partial charge in [-0.15, -0.1) is 11.3 Å². The van der Waals surface area contributed by atoms with Crippen molar-refractivity contribution in [3.63, 3.8) is 0 Å². The predicted molar refractivity (Wildman–Crippen MR) is 108 cm³/mol. The predicted octanol–water partition coefficient (Wildman–Crippen LogP) is 1.09. The number of hydrogen-bond acceptors (Lipinski definition) is 6. The lowest BCUT2D eigenvalue weighted by Gasteiger charge is -2.34. The maximum absolute atomic E-state index is 12.5. The summed E-state index contributed by atoms with van der Waals surface area (Å²) in [6.45, 7) is 5.86. The number of carbonyl (C=O) groups excluding carboxylic acids is 3. The van der Waals surface area contributed by atoms with Gasteiger partial charge in [-0.1, -0.05) is 13.3 Å². The summed E-state index contributed by atoms with van der Waals surface area (Å²) in [5.74, 6) is 0.259. The van der Waals surface area contributed by atoms with Gasteiger partial charge in [0, 0.05) is 44.0 Å². The highest BCUT2D eigenvalue weighted by molar-refractivity contribution is 7.13. The fraction of sp³-hybridized carbons (Fsp3) is 0.684. The van der Waals surface area contributed by atoms with E-state index >= 15 is 0 Å². The number of piperazine rings is 1. The fourth-order valence-electron chi connectivity index (χ4n) is 3.08.